The molecule has 0 amide bonds. The van der Waals surface area contributed by atoms with Crippen molar-refractivity contribution in [3.63, 3.8) is 0 Å². The van der Waals surface area contributed by atoms with E-state index >= 15 is 0 Å². The molecule has 0 unspecified atom stereocenters. The molecule has 0 heterocycles. The van der Waals surface area contributed by atoms with Gasteiger partial charge < -0.3 is 0 Å². The number of rotatable bonds is 3. The predicted molar refractivity (Wildman–Crippen MR) is 34.4 cm³/mol. The van der Waals surface area contributed by atoms with Gasteiger partial charge in [0, 0.05) is 0 Å². The van der Waals surface area contributed by atoms with E-state index in [9.17, 15) is 4.79 Å². The standard InChI is InChI=1S/C5H10O3Se/c1-8-5(7)4(6)3-9-2/h4,6H,3H2,1-2H3/t4-/m0/s1. The van der Waals surface area contributed by atoms with Gasteiger partial charge in [-0.25, -0.2) is 0 Å². The summed E-state index contributed by atoms with van der Waals surface area (Å²) in [5.41, 5.74) is 0. The van der Waals surface area contributed by atoms with Gasteiger partial charge in [-0.05, 0) is 0 Å². The normalized spacial score (nSPS) is 12.8. The molecule has 1 N–H and O–H groups in total. The zero-order valence-electron chi connectivity index (χ0n) is 5.46. The topological polar surface area (TPSA) is 46.5 Å². The monoisotopic (exact) mass is 198 g/mol. The second-order valence-corrected chi connectivity index (χ2v) is 3.40. The van der Waals surface area contributed by atoms with E-state index in [-0.39, 0.29) is 0 Å². The average Bonchev–Trinajstić information content (AvgIpc) is 1.87. The van der Waals surface area contributed by atoms with Gasteiger partial charge in [0.2, 0.25) is 0 Å². The molecule has 1 atom stereocenters. The first-order chi connectivity index (χ1) is 4.22. The van der Waals surface area contributed by atoms with E-state index in [0.717, 1.165) is 0 Å². The minimum absolute atomic E-state index is 0.327. The molecule has 0 aliphatic carbocycles. The number of aliphatic hydroxyl groups is 1. The number of carbonyl (C=O) groups is 1. The van der Waals surface area contributed by atoms with Crippen LogP contribution in [-0.2, 0) is 9.53 Å². The van der Waals surface area contributed by atoms with Gasteiger partial charge in [-0.1, -0.05) is 0 Å². The fourth-order valence-electron chi connectivity index (χ4n) is 0.362. The van der Waals surface area contributed by atoms with E-state index in [1.54, 1.807) is 0 Å². The molecule has 0 aliphatic rings. The molecule has 54 valence electrons. The molecule has 0 aromatic heterocycles. The van der Waals surface area contributed by atoms with Gasteiger partial charge in [0.05, 0.1) is 0 Å². The maximum atomic E-state index is 10.4. The number of aliphatic hydroxyl groups excluding tert-OH is 1. The molecule has 0 saturated carbocycles. The Morgan fingerprint density at radius 1 is 1.89 bits per heavy atom. The van der Waals surface area contributed by atoms with Crippen LogP contribution < -0.4 is 0 Å². The minimum atomic E-state index is -0.903. The summed E-state index contributed by atoms with van der Waals surface area (Å²) < 4.78 is 4.29. The second-order valence-electron chi connectivity index (χ2n) is 1.49. The maximum absolute atomic E-state index is 10.4. The molecular weight excluding hydrogens is 187 g/mol. The van der Waals surface area contributed by atoms with Crippen LogP contribution in [-0.4, -0.2) is 39.2 Å². The summed E-state index contributed by atoms with van der Waals surface area (Å²) in [6.07, 6.45) is -0.903. The van der Waals surface area contributed by atoms with Gasteiger partial charge in [-0.15, -0.1) is 0 Å². The SMILES string of the molecule is COC(=O)[C@@H](O)C[Se]C. The van der Waals surface area contributed by atoms with Crippen molar-refractivity contribution in [3.8, 4) is 0 Å². The molecule has 9 heavy (non-hydrogen) atoms. The zero-order valence-corrected chi connectivity index (χ0v) is 7.17. The van der Waals surface area contributed by atoms with Crippen LogP contribution in [0.5, 0.6) is 0 Å². The van der Waals surface area contributed by atoms with Gasteiger partial charge in [0.15, 0.2) is 0 Å². The third-order valence-corrected chi connectivity index (χ3v) is 2.16. The van der Waals surface area contributed by atoms with Gasteiger partial charge in [-0.2, -0.15) is 0 Å². The Hall–Kier alpha value is -0.0505. The third-order valence-electron chi connectivity index (χ3n) is 0.798. The summed E-state index contributed by atoms with van der Waals surface area (Å²) in [4.78, 5) is 10.4. The molecule has 0 rings (SSSR count). The number of hydrogen-bond donors (Lipinski definition) is 1. The number of methoxy groups -OCH3 is 1. The summed E-state index contributed by atoms with van der Waals surface area (Å²) in [5, 5.41) is 9.40. The molecule has 3 nitrogen and oxygen atoms in total. The van der Waals surface area contributed by atoms with Crippen molar-refractivity contribution in [3.05, 3.63) is 0 Å². The van der Waals surface area contributed by atoms with Crippen molar-refractivity contribution in [2.24, 2.45) is 0 Å². The molecule has 0 saturated heterocycles. The number of carbonyl (C=O) groups excluding carboxylic acids is 1. The van der Waals surface area contributed by atoms with E-state index in [0.29, 0.717) is 20.3 Å². The predicted octanol–water partition coefficient (Wildman–Crippen LogP) is -0.309. The van der Waals surface area contributed by atoms with Crippen LogP contribution in [0.2, 0.25) is 11.1 Å². The Labute approximate surface area is 60.5 Å². The second kappa shape index (κ2) is 4.79. The van der Waals surface area contributed by atoms with E-state index in [2.05, 4.69) is 4.74 Å². The Balaban J connectivity index is 3.45. The molecule has 4 heteroatoms. The van der Waals surface area contributed by atoms with Crippen LogP contribution in [0.4, 0.5) is 0 Å². The molecule has 0 aromatic carbocycles. The summed E-state index contributed by atoms with van der Waals surface area (Å²) >= 11 is 0.327. The molecule has 0 aliphatic heterocycles. The number of ether oxygens (including phenoxy) is 1. The Bertz CT molecular complexity index is 94.2. The van der Waals surface area contributed by atoms with Crippen LogP contribution in [0.1, 0.15) is 0 Å². The summed E-state index contributed by atoms with van der Waals surface area (Å²) in [6, 6.07) is 0. The molecule has 0 bridgehead atoms. The molecule has 0 fully saturated rings. The summed E-state index contributed by atoms with van der Waals surface area (Å²) in [5.74, 6) is 1.43. The number of hydrogen-bond acceptors (Lipinski definition) is 3. The van der Waals surface area contributed by atoms with Crippen LogP contribution in [0.3, 0.4) is 0 Å². The van der Waals surface area contributed by atoms with Gasteiger partial charge in [0.25, 0.3) is 0 Å². The Morgan fingerprint density at radius 2 is 2.44 bits per heavy atom. The van der Waals surface area contributed by atoms with E-state index < -0.39 is 12.1 Å². The van der Waals surface area contributed by atoms with Crippen LogP contribution in [0, 0.1) is 0 Å². The fourth-order valence-corrected chi connectivity index (χ4v) is 1.31. The van der Waals surface area contributed by atoms with E-state index in [1.165, 1.54) is 7.11 Å². The first-order valence-corrected chi connectivity index (χ1v) is 5.39. The van der Waals surface area contributed by atoms with E-state index in [4.69, 9.17) is 5.11 Å². The van der Waals surface area contributed by atoms with Crippen LogP contribution >= 0.6 is 0 Å². The van der Waals surface area contributed by atoms with Crippen molar-refractivity contribution in [2.45, 2.75) is 17.2 Å². The summed E-state index contributed by atoms with van der Waals surface area (Å²) in [7, 11) is 1.27. The van der Waals surface area contributed by atoms with Gasteiger partial charge >= 0.3 is 59.9 Å². The Morgan fingerprint density at radius 3 is 2.78 bits per heavy atom. The quantitative estimate of drug-likeness (QED) is 0.498. The van der Waals surface area contributed by atoms with Crippen LogP contribution in [0.25, 0.3) is 0 Å². The van der Waals surface area contributed by atoms with Crippen molar-refractivity contribution >= 4 is 20.9 Å². The first kappa shape index (κ1) is 8.95. The molecule has 0 radical (unpaired) electrons. The van der Waals surface area contributed by atoms with Crippen molar-refractivity contribution < 1.29 is 14.6 Å². The van der Waals surface area contributed by atoms with Crippen molar-refractivity contribution in [2.75, 3.05) is 7.11 Å². The van der Waals surface area contributed by atoms with Gasteiger partial charge in [0.1, 0.15) is 0 Å². The van der Waals surface area contributed by atoms with Crippen molar-refractivity contribution in [1.82, 2.24) is 0 Å². The summed E-state index contributed by atoms with van der Waals surface area (Å²) in [6.45, 7) is 0. The average molecular weight is 197 g/mol. The van der Waals surface area contributed by atoms with Crippen molar-refractivity contribution in [1.29, 1.82) is 0 Å². The fraction of sp³-hybridized carbons (Fsp3) is 0.800. The Kier molecular flexibility index (Phi) is 4.77. The third kappa shape index (κ3) is 3.51. The van der Waals surface area contributed by atoms with Crippen LogP contribution in [0.15, 0.2) is 0 Å². The first-order valence-electron chi connectivity index (χ1n) is 2.47. The zero-order chi connectivity index (χ0) is 7.28. The molecule has 0 aromatic rings. The van der Waals surface area contributed by atoms with Gasteiger partial charge in [-0.3, -0.25) is 0 Å². The molecular formula is C5H10O3Se. The van der Waals surface area contributed by atoms with E-state index in [1.807, 2.05) is 5.82 Å². The number of esters is 1. The molecule has 0 spiro atoms.